The van der Waals surface area contributed by atoms with Crippen LogP contribution < -0.4 is 10.6 Å². The van der Waals surface area contributed by atoms with Crippen LogP contribution in [0.15, 0.2) is 54.0 Å². The van der Waals surface area contributed by atoms with E-state index in [9.17, 15) is 19.5 Å². The first-order valence-corrected chi connectivity index (χ1v) is 9.83. The number of rotatable bonds is 6. The molecule has 0 aliphatic rings. The monoisotopic (exact) mass is 445 g/mol. The highest BCUT2D eigenvalue weighted by molar-refractivity contribution is 7.12. The molecule has 1 aromatic heterocycles. The van der Waals surface area contributed by atoms with Crippen molar-refractivity contribution in [2.24, 2.45) is 0 Å². The van der Waals surface area contributed by atoms with Gasteiger partial charge in [0.15, 0.2) is 11.9 Å². The summed E-state index contributed by atoms with van der Waals surface area (Å²) in [5.74, 6) is -1.93. The third-order valence-electron chi connectivity index (χ3n) is 4.06. The number of nitrogens with zero attached hydrogens (tertiary/aromatic N) is 1. The number of anilines is 1. The number of thiazole rings is 1. The smallest absolute Gasteiger partial charge is 0.333 e. The van der Waals surface area contributed by atoms with E-state index in [1.54, 1.807) is 30.3 Å². The summed E-state index contributed by atoms with van der Waals surface area (Å²) in [6, 6.07) is 11.6. The zero-order valence-electron chi connectivity index (χ0n) is 15.6. The highest BCUT2D eigenvalue weighted by Crippen LogP contribution is 2.25. The third-order valence-corrected chi connectivity index (χ3v) is 5.19. The standard InChI is InChI=1S/C20H16ClN3O5S/c1-29-20(28)15(11-5-3-2-4-6-11)23-19(27)16-17(22-10-30-16)24-18(26)12-7-8-14(25)13(21)9-12/h2-10,15,25H,1H3,(H,23,27)(H,24,26)/t15-/m1/s1. The van der Waals surface area contributed by atoms with Crippen LogP contribution >= 0.6 is 22.9 Å². The van der Waals surface area contributed by atoms with E-state index in [2.05, 4.69) is 15.6 Å². The molecule has 3 rings (SSSR count). The van der Waals surface area contributed by atoms with Gasteiger partial charge in [0.2, 0.25) is 0 Å². The molecule has 1 atom stereocenters. The summed E-state index contributed by atoms with van der Waals surface area (Å²) in [6.45, 7) is 0. The molecule has 30 heavy (non-hydrogen) atoms. The number of hydrogen-bond donors (Lipinski definition) is 3. The van der Waals surface area contributed by atoms with Crippen LogP contribution in [0.25, 0.3) is 0 Å². The lowest BCUT2D eigenvalue weighted by Crippen LogP contribution is -2.34. The minimum absolute atomic E-state index is 0.0164. The number of amides is 2. The Kier molecular flexibility index (Phi) is 6.65. The normalized spacial score (nSPS) is 11.4. The summed E-state index contributed by atoms with van der Waals surface area (Å²) in [5, 5.41) is 14.6. The van der Waals surface area contributed by atoms with E-state index in [0.717, 1.165) is 11.3 Å². The van der Waals surface area contributed by atoms with Crippen molar-refractivity contribution in [2.45, 2.75) is 6.04 Å². The molecule has 3 N–H and O–H groups in total. The Morgan fingerprint density at radius 3 is 2.53 bits per heavy atom. The molecule has 0 saturated heterocycles. The maximum Gasteiger partial charge on any atom is 0.333 e. The van der Waals surface area contributed by atoms with Crippen LogP contribution in [0.4, 0.5) is 5.82 Å². The van der Waals surface area contributed by atoms with E-state index in [1.165, 1.54) is 30.8 Å². The van der Waals surface area contributed by atoms with Crippen molar-refractivity contribution in [1.29, 1.82) is 0 Å². The van der Waals surface area contributed by atoms with Gasteiger partial charge in [0.1, 0.15) is 10.6 Å². The van der Waals surface area contributed by atoms with Crippen molar-refractivity contribution in [1.82, 2.24) is 10.3 Å². The number of aromatic nitrogens is 1. The fourth-order valence-corrected chi connectivity index (χ4v) is 3.39. The molecule has 0 spiro atoms. The van der Waals surface area contributed by atoms with Gasteiger partial charge >= 0.3 is 5.97 Å². The number of carbonyl (C=O) groups is 3. The third kappa shape index (κ3) is 4.76. The number of halogens is 1. The molecular weight excluding hydrogens is 430 g/mol. The average Bonchev–Trinajstić information content (AvgIpc) is 3.22. The van der Waals surface area contributed by atoms with Crippen LogP contribution in [0.5, 0.6) is 5.75 Å². The Labute approximate surface area is 180 Å². The lowest BCUT2D eigenvalue weighted by atomic mass is 10.1. The fourth-order valence-electron chi connectivity index (χ4n) is 2.56. The molecule has 1 heterocycles. The van der Waals surface area contributed by atoms with Crippen molar-refractivity contribution in [3.8, 4) is 5.75 Å². The predicted molar refractivity (Wildman–Crippen MR) is 112 cm³/mol. The van der Waals surface area contributed by atoms with Crippen molar-refractivity contribution >= 4 is 46.5 Å². The Balaban J connectivity index is 1.79. The lowest BCUT2D eigenvalue weighted by molar-refractivity contribution is -0.143. The van der Waals surface area contributed by atoms with Gasteiger partial charge in [-0.05, 0) is 23.8 Å². The average molecular weight is 446 g/mol. The molecule has 8 nitrogen and oxygen atoms in total. The number of benzene rings is 2. The van der Waals surface area contributed by atoms with Crippen LogP contribution in [-0.2, 0) is 9.53 Å². The number of carbonyl (C=O) groups excluding carboxylic acids is 3. The van der Waals surface area contributed by atoms with Crippen molar-refractivity contribution in [3.63, 3.8) is 0 Å². The molecule has 0 aliphatic heterocycles. The van der Waals surface area contributed by atoms with E-state index in [0.29, 0.717) is 5.56 Å². The van der Waals surface area contributed by atoms with E-state index in [-0.39, 0.29) is 27.0 Å². The van der Waals surface area contributed by atoms with Gasteiger partial charge in [-0.2, -0.15) is 0 Å². The first kappa shape index (κ1) is 21.3. The van der Waals surface area contributed by atoms with Gasteiger partial charge in [-0.25, -0.2) is 9.78 Å². The highest BCUT2D eigenvalue weighted by atomic mass is 35.5. The van der Waals surface area contributed by atoms with Crippen molar-refractivity contribution < 1.29 is 24.2 Å². The van der Waals surface area contributed by atoms with E-state index in [4.69, 9.17) is 16.3 Å². The van der Waals surface area contributed by atoms with Crippen LogP contribution in [0.1, 0.15) is 31.6 Å². The minimum Gasteiger partial charge on any atom is -0.506 e. The second-order valence-corrected chi connectivity index (χ2v) is 7.25. The number of ether oxygens (including phenoxy) is 1. The molecule has 0 aliphatic carbocycles. The molecular formula is C20H16ClN3O5S. The molecule has 154 valence electrons. The van der Waals surface area contributed by atoms with Gasteiger partial charge in [-0.3, -0.25) is 9.59 Å². The first-order chi connectivity index (χ1) is 14.4. The zero-order chi connectivity index (χ0) is 21.7. The minimum atomic E-state index is -1.02. The SMILES string of the molecule is COC(=O)[C@H](NC(=O)c1scnc1NC(=O)c1ccc(O)c(Cl)c1)c1ccccc1. The zero-order valence-corrected chi connectivity index (χ0v) is 17.2. The number of aromatic hydroxyl groups is 1. The summed E-state index contributed by atoms with van der Waals surface area (Å²) >= 11 is 6.83. The Hall–Kier alpha value is -3.43. The molecule has 3 aromatic rings. The molecule has 0 fully saturated rings. The number of nitrogens with one attached hydrogen (secondary N) is 2. The van der Waals surface area contributed by atoms with Crippen LogP contribution in [0.3, 0.4) is 0 Å². The molecule has 10 heteroatoms. The Bertz CT molecular complexity index is 1090. The molecule has 0 bridgehead atoms. The fraction of sp³-hybridized carbons (Fsp3) is 0.100. The molecule has 0 saturated carbocycles. The van der Waals surface area contributed by atoms with Gasteiger partial charge in [0, 0.05) is 5.56 Å². The van der Waals surface area contributed by atoms with E-state index in [1.807, 2.05) is 0 Å². The van der Waals surface area contributed by atoms with Crippen molar-refractivity contribution in [3.05, 3.63) is 75.1 Å². The second kappa shape index (κ2) is 9.38. The number of phenolic OH excluding ortho intramolecular Hbond substituents is 1. The number of phenols is 1. The quantitative estimate of drug-likeness (QED) is 0.500. The number of methoxy groups -OCH3 is 1. The van der Waals surface area contributed by atoms with Gasteiger partial charge < -0.3 is 20.5 Å². The summed E-state index contributed by atoms with van der Waals surface area (Å²) in [4.78, 5) is 41.5. The van der Waals surface area contributed by atoms with Gasteiger partial charge in [-0.15, -0.1) is 11.3 Å². The highest BCUT2D eigenvalue weighted by Gasteiger charge is 2.26. The maximum atomic E-state index is 12.8. The van der Waals surface area contributed by atoms with Crippen LogP contribution in [0.2, 0.25) is 5.02 Å². The van der Waals surface area contributed by atoms with Crippen LogP contribution in [0, 0.1) is 0 Å². The second-order valence-electron chi connectivity index (χ2n) is 5.99. The number of esters is 1. The lowest BCUT2D eigenvalue weighted by Gasteiger charge is -2.16. The molecule has 2 amide bonds. The molecule has 0 radical (unpaired) electrons. The van der Waals surface area contributed by atoms with E-state index < -0.39 is 23.8 Å². The maximum absolute atomic E-state index is 12.8. The van der Waals surface area contributed by atoms with E-state index >= 15 is 0 Å². The van der Waals surface area contributed by atoms with Crippen LogP contribution in [-0.4, -0.2) is 35.0 Å². The molecule has 0 unspecified atom stereocenters. The summed E-state index contributed by atoms with van der Waals surface area (Å²) < 4.78 is 4.79. The summed E-state index contributed by atoms with van der Waals surface area (Å²) in [5.41, 5.74) is 2.12. The Morgan fingerprint density at radius 2 is 1.87 bits per heavy atom. The topological polar surface area (TPSA) is 118 Å². The molecule has 2 aromatic carbocycles. The van der Waals surface area contributed by atoms with Gasteiger partial charge in [-0.1, -0.05) is 41.9 Å². The predicted octanol–water partition coefficient (Wildman–Crippen LogP) is 3.40. The van der Waals surface area contributed by atoms with Crippen molar-refractivity contribution in [2.75, 3.05) is 12.4 Å². The first-order valence-electron chi connectivity index (χ1n) is 8.57. The van der Waals surface area contributed by atoms with Gasteiger partial charge in [0.25, 0.3) is 11.8 Å². The van der Waals surface area contributed by atoms with Gasteiger partial charge in [0.05, 0.1) is 17.6 Å². The number of hydrogen-bond acceptors (Lipinski definition) is 7. The summed E-state index contributed by atoms with van der Waals surface area (Å²) in [7, 11) is 1.23. The largest absolute Gasteiger partial charge is 0.506 e. The summed E-state index contributed by atoms with van der Waals surface area (Å²) in [6.07, 6.45) is 0. The Morgan fingerprint density at radius 1 is 1.13 bits per heavy atom.